The highest BCUT2D eigenvalue weighted by Crippen LogP contribution is 2.03. The second-order valence-electron chi connectivity index (χ2n) is 5.15. The van der Waals surface area contributed by atoms with Crippen molar-refractivity contribution < 1.29 is 31.2 Å². The number of carbonyl (C=O) groups is 2. The van der Waals surface area contributed by atoms with Gasteiger partial charge in [-0.05, 0) is 12.8 Å². The quantitative estimate of drug-likeness (QED) is 0.587. The molecule has 10 heteroatoms. The maximum absolute atomic E-state index is 11.6. The minimum atomic E-state index is -3.94. The molecule has 1 amide bonds. The molecule has 0 saturated heterocycles. The molecule has 1 atom stereocenters. The zero-order chi connectivity index (χ0) is 16.8. The summed E-state index contributed by atoms with van der Waals surface area (Å²) in [6, 6.07) is 0. The Labute approximate surface area is 125 Å². The lowest BCUT2D eigenvalue weighted by Gasteiger charge is -2.13. The SMILES string of the molecule is CC(=O)NS(=O)(=O)C(C)COC(=O)CS(=O)(=O)CC(C)C. The molecule has 8 nitrogen and oxygen atoms in total. The molecule has 124 valence electrons. The topological polar surface area (TPSA) is 124 Å². The first-order chi connectivity index (χ1) is 9.35. The fraction of sp³-hybridized carbons (Fsp3) is 0.818. The average molecular weight is 343 g/mol. The van der Waals surface area contributed by atoms with Gasteiger partial charge in [0.15, 0.2) is 9.84 Å². The molecular formula is C11H21NO7S2. The van der Waals surface area contributed by atoms with Gasteiger partial charge in [0.1, 0.15) is 17.6 Å². The van der Waals surface area contributed by atoms with Gasteiger partial charge in [-0.1, -0.05) is 13.8 Å². The number of ether oxygens (including phenoxy) is 1. The third kappa shape index (κ3) is 8.66. The van der Waals surface area contributed by atoms with E-state index in [2.05, 4.69) is 4.74 Å². The van der Waals surface area contributed by atoms with Crippen LogP contribution in [-0.4, -0.2) is 52.1 Å². The number of esters is 1. The molecule has 0 radical (unpaired) electrons. The molecule has 0 fully saturated rings. The van der Waals surface area contributed by atoms with Gasteiger partial charge < -0.3 is 4.74 Å². The zero-order valence-electron chi connectivity index (χ0n) is 12.5. The van der Waals surface area contributed by atoms with Crippen LogP contribution in [0.4, 0.5) is 0 Å². The van der Waals surface area contributed by atoms with E-state index in [4.69, 9.17) is 0 Å². The van der Waals surface area contributed by atoms with Crippen molar-refractivity contribution in [3.63, 3.8) is 0 Å². The van der Waals surface area contributed by atoms with Gasteiger partial charge in [0.25, 0.3) is 0 Å². The minimum absolute atomic E-state index is 0.123. The van der Waals surface area contributed by atoms with Crippen molar-refractivity contribution in [3.8, 4) is 0 Å². The second-order valence-corrected chi connectivity index (χ2v) is 9.35. The summed E-state index contributed by atoms with van der Waals surface area (Å²) >= 11 is 0. The lowest BCUT2D eigenvalue weighted by molar-refractivity contribution is -0.140. The summed E-state index contributed by atoms with van der Waals surface area (Å²) in [7, 11) is -7.52. The summed E-state index contributed by atoms with van der Waals surface area (Å²) in [6.45, 7) is 5.14. The molecule has 1 unspecified atom stereocenters. The van der Waals surface area contributed by atoms with Crippen LogP contribution in [0.2, 0.25) is 0 Å². The molecule has 0 spiro atoms. The zero-order valence-corrected chi connectivity index (χ0v) is 14.1. The van der Waals surface area contributed by atoms with E-state index in [1.165, 1.54) is 6.92 Å². The van der Waals surface area contributed by atoms with Crippen LogP contribution < -0.4 is 4.72 Å². The van der Waals surface area contributed by atoms with Crippen molar-refractivity contribution in [1.29, 1.82) is 0 Å². The van der Waals surface area contributed by atoms with Crippen molar-refractivity contribution >= 4 is 31.7 Å². The third-order valence-electron chi connectivity index (χ3n) is 2.22. The van der Waals surface area contributed by atoms with Gasteiger partial charge in [-0.3, -0.25) is 14.3 Å². The molecule has 0 rings (SSSR count). The second kappa shape index (κ2) is 7.74. The Balaban J connectivity index is 4.47. The van der Waals surface area contributed by atoms with Gasteiger partial charge in [0.2, 0.25) is 15.9 Å². The Bertz CT molecular complexity index is 578. The predicted molar refractivity (Wildman–Crippen MR) is 76.6 cm³/mol. The normalized spacial score (nSPS) is 13.8. The maximum atomic E-state index is 11.6. The number of hydrogen-bond acceptors (Lipinski definition) is 7. The molecule has 0 aromatic rings. The third-order valence-corrected chi connectivity index (χ3v) is 5.84. The molecular weight excluding hydrogens is 322 g/mol. The smallest absolute Gasteiger partial charge is 0.321 e. The van der Waals surface area contributed by atoms with Gasteiger partial charge in [0.05, 0.1) is 5.75 Å². The lowest BCUT2D eigenvalue weighted by Crippen LogP contribution is -2.38. The first kappa shape index (κ1) is 19.8. The van der Waals surface area contributed by atoms with Gasteiger partial charge in [-0.25, -0.2) is 16.8 Å². The highest BCUT2D eigenvalue weighted by Gasteiger charge is 2.25. The van der Waals surface area contributed by atoms with E-state index in [1.807, 2.05) is 0 Å². The summed E-state index contributed by atoms with van der Waals surface area (Å²) in [6.07, 6.45) is 0. The van der Waals surface area contributed by atoms with Crippen LogP contribution in [0, 0.1) is 5.92 Å². The number of sulfone groups is 1. The Morgan fingerprint density at radius 2 is 1.62 bits per heavy atom. The predicted octanol–water partition coefficient (Wildman–Crippen LogP) is -0.545. The Kier molecular flexibility index (Phi) is 7.31. The lowest BCUT2D eigenvalue weighted by atomic mass is 10.3. The standard InChI is InChI=1S/C11H21NO7S2/c1-8(2)6-20(15,16)7-11(14)19-5-9(3)21(17,18)12-10(4)13/h8-9H,5-7H2,1-4H3,(H,12,13). The summed E-state index contributed by atoms with van der Waals surface area (Å²) in [5.41, 5.74) is 0. The summed E-state index contributed by atoms with van der Waals surface area (Å²) in [5, 5.41) is -1.17. The fourth-order valence-corrected chi connectivity index (χ4v) is 3.81. The van der Waals surface area contributed by atoms with E-state index in [1.54, 1.807) is 18.6 Å². The Hall–Kier alpha value is -1.16. The van der Waals surface area contributed by atoms with E-state index < -0.39 is 49.3 Å². The van der Waals surface area contributed by atoms with E-state index in [-0.39, 0.29) is 11.7 Å². The Morgan fingerprint density at radius 3 is 2.05 bits per heavy atom. The molecule has 0 aliphatic rings. The van der Waals surface area contributed by atoms with Crippen LogP contribution in [0.3, 0.4) is 0 Å². The van der Waals surface area contributed by atoms with Crippen LogP contribution in [0.1, 0.15) is 27.7 Å². The highest BCUT2D eigenvalue weighted by atomic mass is 32.2. The summed E-state index contributed by atoms with van der Waals surface area (Å²) < 4.78 is 52.6. The van der Waals surface area contributed by atoms with Crippen LogP contribution in [0.25, 0.3) is 0 Å². The molecule has 0 aromatic heterocycles. The van der Waals surface area contributed by atoms with Gasteiger partial charge in [-0.15, -0.1) is 0 Å². The van der Waals surface area contributed by atoms with Crippen LogP contribution in [-0.2, 0) is 34.2 Å². The number of nitrogens with one attached hydrogen (secondary N) is 1. The minimum Gasteiger partial charge on any atom is -0.463 e. The molecule has 0 aliphatic heterocycles. The van der Waals surface area contributed by atoms with Gasteiger partial charge in [-0.2, -0.15) is 0 Å². The Morgan fingerprint density at radius 1 is 1.10 bits per heavy atom. The average Bonchev–Trinajstić information content (AvgIpc) is 2.20. The van der Waals surface area contributed by atoms with Gasteiger partial charge in [0, 0.05) is 6.92 Å². The van der Waals surface area contributed by atoms with Crippen molar-refractivity contribution in [2.75, 3.05) is 18.1 Å². The van der Waals surface area contributed by atoms with E-state index >= 15 is 0 Å². The van der Waals surface area contributed by atoms with Crippen molar-refractivity contribution in [1.82, 2.24) is 4.72 Å². The molecule has 0 saturated carbocycles. The molecule has 0 aromatic carbocycles. The number of hydrogen-bond donors (Lipinski definition) is 1. The van der Waals surface area contributed by atoms with E-state index in [9.17, 15) is 26.4 Å². The van der Waals surface area contributed by atoms with Gasteiger partial charge >= 0.3 is 5.97 Å². The summed E-state index contributed by atoms with van der Waals surface area (Å²) in [5.74, 6) is -2.84. The van der Waals surface area contributed by atoms with E-state index in [0.29, 0.717) is 0 Å². The fourth-order valence-electron chi connectivity index (χ4n) is 1.39. The van der Waals surface area contributed by atoms with Crippen LogP contribution in [0.15, 0.2) is 0 Å². The number of rotatable bonds is 8. The maximum Gasteiger partial charge on any atom is 0.321 e. The summed E-state index contributed by atoms with van der Waals surface area (Å²) in [4.78, 5) is 22.1. The van der Waals surface area contributed by atoms with Crippen molar-refractivity contribution in [2.45, 2.75) is 32.9 Å². The number of sulfonamides is 1. The highest BCUT2D eigenvalue weighted by molar-refractivity contribution is 7.92. The first-order valence-corrected chi connectivity index (χ1v) is 9.60. The van der Waals surface area contributed by atoms with Crippen molar-refractivity contribution in [2.24, 2.45) is 5.92 Å². The molecule has 0 bridgehead atoms. The number of amides is 1. The molecule has 1 N–H and O–H groups in total. The van der Waals surface area contributed by atoms with Crippen LogP contribution >= 0.6 is 0 Å². The molecule has 0 heterocycles. The first-order valence-electron chi connectivity index (χ1n) is 6.24. The van der Waals surface area contributed by atoms with Crippen LogP contribution in [0.5, 0.6) is 0 Å². The van der Waals surface area contributed by atoms with Crippen molar-refractivity contribution in [3.05, 3.63) is 0 Å². The molecule has 0 aliphatic carbocycles. The number of carbonyl (C=O) groups excluding carboxylic acids is 2. The largest absolute Gasteiger partial charge is 0.463 e. The molecule has 21 heavy (non-hydrogen) atoms. The monoisotopic (exact) mass is 343 g/mol. The van der Waals surface area contributed by atoms with E-state index in [0.717, 1.165) is 6.92 Å².